The van der Waals surface area contributed by atoms with Crippen LogP contribution in [-0.2, 0) is 4.79 Å². The van der Waals surface area contributed by atoms with E-state index in [1.54, 1.807) is 6.92 Å². The highest BCUT2D eigenvalue weighted by Gasteiger charge is 2.24. The van der Waals surface area contributed by atoms with Crippen LogP contribution in [0.1, 0.15) is 25.8 Å². The van der Waals surface area contributed by atoms with Gasteiger partial charge in [-0.25, -0.2) is 0 Å². The van der Waals surface area contributed by atoms with Crippen LogP contribution in [0.25, 0.3) is 6.08 Å². The molecule has 1 fully saturated rings. The van der Waals surface area contributed by atoms with Crippen LogP contribution >= 0.6 is 0 Å². The van der Waals surface area contributed by atoms with E-state index in [2.05, 4.69) is 49.2 Å². The van der Waals surface area contributed by atoms with Crippen LogP contribution in [0.4, 0.5) is 0 Å². The lowest BCUT2D eigenvalue weighted by molar-refractivity contribution is -0.127. The lowest BCUT2D eigenvalue weighted by Crippen LogP contribution is -2.31. The van der Waals surface area contributed by atoms with Gasteiger partial charge in [-0.1, -0.05) is 42.0 Å². The molecule has 3 nitrogen and oxygen atoms in total. The van der Waals surface area contributed by atoms with Crippen LogP contribution in [0.3, 0.4) is 0 Å². The van der Waals surface area contributed by atoms with E-state index in [9.17, 15) is 4.79 Å². The summed E-state index contributed by atoms with van der Waals surface area (Å²) in [4.78, 5) is 15.7. The molecule has 0 spiro atoms. The number of amides is 1. The van der Waals surface area contributed by atoms with Gasteiger partial charge >= 0.3 is 0 Å². The van der Waals surface area contributed by atoms with Crippen LogP contribution in [0.2, 0.25) is 0 Å². The molecule has 1 amide bonds. The Morgan fingerprint density at radius 1 is 1.33 bits per heavy atom. The molecular weight excluding hydrogens is 260 g/mol. The summed E-state index contributed by atoms with van der Waals surface area (Å²) in [6, 6.07) is 10.4. The summed E-state index contributed by atoms with van der Waals surface area (Å²) in [5, 5.41) is 0. The predicted octanol–water partition coefficient (Wildman–Crippen LogP) is 2.89. The van der Waals surface area contributed by atoms with Crippen LogP contribution in [-0.4, -0.2) is 48.9 Å². The summed E-state index contributed by atoms with van der Waals surface area (Å²) in [7, 11) is 2.17. The Labute approximate surface area is 128 Å². The van der Waals surface area contributed by atoms with Gasteiger partial charge in [0.05, 0.1) is 0 Å². The molecule has 0 radical (unpaired) electrons. The van der Waals surface area contributed by atoms with Gasteiger partial charge in [0.15, 0.2) is 0 Å². The van der Waals surface area contributed by atoms with Gasteiger partial charge in [0.25, 0.3) is 0 Å². The van der Waals surface area contributed by atoms with Crippen molar-refractivity contribution in [2.45, 2.75) is 20.3 Å². The summed E-state index contributed by atoms with van der Waals surface area (Å²) in [5.41, 5.74) is 2.62. The van der Waals surface area contributed by atoms with E-state index < -0.39 is 0 Å². The first-order chi connectivity index (χ1) is 10.0. The van der Waals surface area contributed by atoms with Crippen LogP contribution in [0.5, 0.6) is 0 Å². The molecule has 21 heavy (non-hydrogen) atoms. The van der Waals surface area contributed by atoms with Gasteiger partial charge in [0.1, 0.15) is 0 Å². The molecule has 2 rings (SSSR count). The van der Waals surface area contributed by atoms with Gasteiger partial charge in [-0.15, -0.1) is 0 Å². The monoisotopic (exact) mass is 286 g/mol. The normalized spacial score (nSPS) is 19.3. The van der Waals surface area contributed by atoms with Gasteiger partial charge in [-0.05, 0) is 31.9 Å². The number of rotatable bonds is 5. The number of likely N-dealkylation sites (tertiary alicyclic amines) is 1. The van der Waals surface area contributed by atoms with Gasteiger partial charge in [-0.3, -0.25) is 4.79 Å². The number of nitrogens with zero attached hydrogens (tertiary/aromatic N) is 2. The Kier molecular flexibility index (Phi) is 5.57. The van der Waals surface area contributed by atoms with Crippen molar-refractivity contribution >= 4 is 12.0 Å². The van der Waals surface area contributed by atoms with Gasteiger partial charge < -0.3 is 9.80 Å². The van der Waals surface area contributed by atoms with Gasteiger partial charge in [0.2, 0.25) is 5.91 Å². The van der Waals surface area contributed by atoms with Crippen LogP contribution in [0.15, 0.2) is 35.9 Å². The second-order valence-corrected chi connectivity index (χ2v) is 6.22. The maximum atomic E-state index is 11.4. The number of hydrogen-bond donors (Lipinski definition) is 0. The third kappa shape index (κ3) is 5.01. The zero-order chi connectivity index (χ0) is 15.2. The van der Waals surface area contributed by atoms with Crippen molar-refractivity contribution < 1.29 is 4.79 Å². The molecule has 0 bridgehead atoms. The van der Waals surface area contributed by atoms with E-state index in [-0.39, 0.29) is 5.91 Å². The molecule has 3 heteroatoms. The lowest BCUT2D eigenvalue weighted by Gasteiger charge is -2.21. The zero-order valence-electron chi connectivity index (χ0n) is 13.4. The largest absolute Gasteiger partial charge is 0.343 e. The average molecular weight is 286 g/mol. The minimum atomic E-state index is 0.209. The smallest absolute Gasteiger partial charge is 0.219 e. The highest BCUT2D eigenvalue weighted by Crippen LogP contribution is 2.17. The van der Waals surface area contributed by atoms with Gasteiger partial charge in [0, 0.05) is 33.1 Å². The molecule has 1 saturated heterocycles. The van der Waals surface area contributed by atoms with Crippen molar-refractivity contribution in [1.29, 1.82) is 0 Å². The maximum Gasteiger partial charge on any atom is 0.219 e. The fraction of sp³-hybridized carbons (Fsp3) is 0.500. The average Bonchev–Trinajstić information content (AvgIpc) is 2.88. The number of hydrogen-bond acceptors (Lipinski definition) is 2. The number of carbonyl (C=O) groups is 1. The summed E-state index contributed by atoms with van der Waals surface area (Å²) in [6.07, 6.45) is 3.37. The zero-order valence-corrected chi connectivity index (χ0v) is 13.4. The molecule has 0 aliphatic carbocycles. The molecule has 0 saturated carbocycles. The number of likely N-dealkylation sites (N-methyl/N-ethyl adjacent to an activating group) is 1. The highest BCUT2D eigenvalue weighted by atomic mass is 16.2. The first kappa shape index (κ1) is 15.8. The Morgan fingerprint density at radius 2 is 2.05 bits per heavy atom. The number of carbonyl (C=O) groups excluding carboxylic acids is 1. The molecular formula is C18H26N2O. The predicted molar refractivity (Wildman–Crippen MR) is 88.0 cm³/mol. The first-order valence-corrected chi connectivity index (χ1v) is 7.71. The summed E-state index contributed by atoms with van der Waals surface area (Å²) in [5.74, 6) is 0.823. The second-order valence-electron chi connectivity index (χ2n) is 6.22. The van der Waals surface area contributed by atoms with Crippen molar-refractivity contribution in [3.8, 4) is 0 Å². The van der Waals surface area contributed by atoms with E-state index >= 15 is 0 Å². The fourth-order valence-electron chi connectivity index (χ4n) is 3.08. The molecule has 1 aromatic rings. The van der Waals surface area contributed by atoms with E-state index in [1.165, 1.54) is 11.1 Å². The van der Waals surface area contributed by atoms with E-state index in [1.807, 2.05) is 11.0 Å². The fourth-order valence-corrected chi connectivity index (χ4v) is 3.08. The van der Waals surface area contributed by atoms with Crippen molar-refractivity contribution in [2.24, 2.45) is 5.92 Å². The third-order valence-corrected chi connectivity index (χ3v) is 4.03. The molecule has 1 aliphatic rings. The topological polar surface area (TPSA) is 23.6 Å². The molecule has 0 N–H and O–H groups in total. The Morgan fingerprint density at radius 3 is 2.67 bits per heavy atom. The molecule has 1 unspecified atom stereocenters. The third-order valence-electron chi connectivity index (χ3n) is 4.03. The molecule has 1 heterocycles. The van der Waals surface area contributed by atoms with Gasteiger partial charge in [-0.2, -0.15) is 0 Å². The summed E-state index contributed by atoms with van der Waals surface area (Å²) < 4.78 is 0. The van der Waals surface area contributed by atoms with Crippen molar-refractivity contribution in [3.63, 3.8) is 0 Å². The Balaban J connectivity index is 1.81. The standard InChI is InChI=1S/C18H26N2O/c1-15(11-17-7-5-4-6-8-17)12-19(3)13-18-9-10-20(14-18)16(2)21/h4-8,11,18H,9-10,12-14H2,1-3H3. The second kappa shape index (κ2) is 7.41. The minimum absolute atomic E-state index is 0.209. The lowest BCUT2D eigenvalue weighted by atomic mass is 10.1. The molecule has 114 valence electrons. The number of benzene rings is 1. The molecule has 1 atom stereocenters. The summed E-state index contributed by atoms with van der Waals surface area (Å²) >= 11 is 0. The van der Waals surface area contributed by atoms with E-state index in [0.717, 1.165) is 32.6 Å². The quantitative estimate of drug-likeness (QED) is 0.831. The highest BCUT2D eigenvalue weighted by molar-refractivity contribution is 5.73. The van der Waals surface area contributed by atoms with E-state index in [4.69, 9.17) is 0 Å². The minimum Gasteiger partial charge on any atom is -0.343 e. The van der Waals surface area contributed by atoms with Crippen LogP contribution < -0.4 is 0 Å². The Bertz CT molecular complexity index is 495. The van der Waals surface area contributed by atoms with Crippen molar-refractivity contribution in [1.82, 2.24) is 9.80 Å². The molecule has 0 aromatic heterocycles. The van der Waals surface area contributed by atoms with Crippen LogP contribution in [0, 0.1) is 5.92 Å². The molecule has 1 aliphatic heterocycles. The van der Waals surface area contributed by atoms with Crippen molar-refractivity contribution in [3.05, 3.63) is 41.5 Å². The SMILES string of the molecule is CC(=O)N1CCC(CN(C)CC(C)=Cc2ccccc2)C1. The van der Waals surface area contributed by atoms with E-state index in [0.29, 0.717) is 5.92 Å². The first-order valence-electron chi connectivity index (χ1n) is 7.71. The summed E-state index contributed by atoms with van der Waals surface area (Å²) in [6.45, 7) is 7.72. The van der Waals surface area contributed by atoms with Crippen molar-refractivity contribution in [2.75, 3.05) is 33.2 Å². The molecule has 1 aromatic carbocycles. The maximum absolute atomic E-state index is 11.4. The Hall–Kier alpha value is -1.61.